The standard InChI is InChI=1S/C18H29ClN2/c1-4-20-17(15-10-9-11-16(19)14-15)18(21(2)3)12-7-5-6-8-13-18/h9-11,14,17,20H,4-8,12-13H2,1-3H3. The summed E-state index contributed by atoms with van der Waals surface area (Å²) in [5.74, 6) is 0. The lowest BCUT2D eigenvalue weighted by Gasteiger charge is -2.46. The van der Waals surface area contributed by atoms with Gasteiger partial charge < -0.3 is 10.2 Å². The van der Waals surface area contributed by atoms with Crippen molar-refractivity contribution in [3.8, 4) is 0 Å². The summed E-state index contributed by atoms with van der Waals surface area (Å²) in [5, 5.41) is 4.58. The third kappa shape index (κ3) is 3.80. The molecule has 3 heteroatoms. The Morgan fingerprint density at radius 2 is 1.86 bits per heavy atom. The summed E-state index contributed by atoms with van der Waals surface area (Å²) in [6.45, 7) is 3.17. The van der Waals surface area contributed by atoms with E-state index in [1.807, 2.05) is 6.07 Å². The maximum Gasteiger partial charge on any atom is 0.0507 e. The van der Waals surface area contributed by atoms with Crippen molar-refractivity contribution in [2.24, 2.45) is 0 Å². The Morgan fingerprint density at radius 3 is 2.38 bits per heavy atom. The van der Waals surface area contributed by atoms with Gasteiger partial charge in [-0.15, -0.1) is 0 Å². The Morgan fingerprint density at radius 1 is 1.19 bits per heavy atom. The number of hydrogen-bond acceptors (Lipinski definition) is 2. The summed E-state index contributed by atoms with van der Waals surface area (Å²) in [5.41, 5.74) is 1.51. The third-order valence-corrected chi connectivity index (χ3v) is 5.22. The zero-order chi connectivity index (χ0) is 15.3. The lowest BCUT2D eigenvalue weighted by atomic mass is 9.78. The first-order valence-electron chi connectivity index (χ1n) is 8.26. The van der Waals surface area contributed by atoms with Crippen LogP contribution in [0.15, 0.2) is 24.3 Å². The molecule has 2 nitrogen and oxygen atoms in total. The van der Waals surface area contributed by atoms with Gasteiger partial charge in [0.15, 0.2) is 0 Å². The van der Waals surface area contributed by atoms with E-state index in [9.17, 15) is 0 Å². The maximum absolute atomic E-state index is 6.24. The first-order chi connectivity index (χ1) is 10.1. The smallest absolute Gasteiger partial charge is 0.0507 e. The van der Waals surface area contributed by atoms with Crippen LogP contribution in [0, 0.1) is 0 Å². The summed E-state index contributed by atoms with van der Waals surface area (Å²) < 4.78 is 0. The molecule has 21 heavy (non-hydrogen) atoms. The largest absolute Gasteiger partial charge is 0.309 e. The molecule has 0 aromatic heterocycles. The molecule has 0 bridgehead atoms. The van der Waals surface area contributed by atoms with Crippen LogP contribution in [-0.2, 0) is 0 Å². The normalized spacial score (nSPS) is 20.2. The second kappa shape index (κ2) is 7.62. The monoisotopic (exact) mass is 308 g/mol. The van der Waals surface area contributed by atoms with Crippen molar-refractivity contribution in [3.05, 3.63) is 34.9 Å². The van der Waals surface area contributed by atoms with Crippen molar-refractivity contribution in [2.75, 3.05) is 20.6 Å². The van der Waals surface area contributed by atoms with Crippen LogP contribution in [0.2, 0.25) is 5.02 Å². The second-order valence-electron chi connectivity index (χ2n) is 6.46. The van der Waals surface area contributed by atoms with Crippen LogP contribution in [0.25, 0.3) is 0 Å². The molecule has 1 saturated carbocycles. The topological polar surface area (TPSA) is 15.3 Å². The van der Waals surface area contributed by atoms with Gasteiger partial charge in [-0.3, -0.25) is 0 Å². The van der Waals surface area contributed by atoms with Crippen molar-refractivity contribution in [2.45, 2.75) is 57.0 Å². The molecule has 1 N–H and O–H groups in total. The van der Waals surface area contributed by atoms with E-state index in [2.05, 4.69) is 49.4 Å². The van der Waals surface area contributed by atoms with Gasteiger partial charge in [-0.25, -0.2) is 0 Å². The number of benzene rings is 1. The first-order valence-corrected chi connectivity index (χ1v) is 8.64. The minimum absolute atomic E-state index is 0.192. The van der Waals surface area contributed by atoms with Gasteiger partial charge in [0.2, 0.25) is 0 Å². The summed E-state index contributed by atoms with van der Waals surface area (Å²) in [7, 11) is 4.47. The van der Waals surface area contributed by atoms with Crippen LogP contribution in [0.1, 0.15) is 57.1 Å². The number of halogens is 1. The number of hydrogen-bond donors (Lipinski definition) is 1. The zero-order valence-corrected chi connectivity index (χ0v) is 14.4. The fourth-order valence-corrected chi connectivity index (χ4v) is 4.04. The van der Waals surface area contributed by atoms with E-state index in [-0.39, 0.29) is 5.54 Å². The molecule has 0 heterocycles. The molecule has 1 aromatic rings. The Bertz CT molecular complexity index is 437. The van der Waals surface area contributed by atoms with Gasteiger partial charge in [0.1, 0.15) is 0 Å². The highest BCUT2D eigenvalue weighted by Gasteiger charge is 2.41. The number of rotatable bonds is 5. The Balaban J connectivity index is 2.40. The highest BCUT2D eigenvalue weighted by atomic mass is 35.5. The Kier molecular flexibility index (Phi) is 6.09. The summed E-state index contributed by atoms with van der Waals surface area (Å²) in [6.07, 6.45) is 7.88. The van der Waals surface area contributed by atoms with E-state index >= 15 is 0 Å². The van der Waals surface area contributed by atoms with Crippen LogP contribution in [0.5, 0.6) is 0 Å². The molecule has 1 aliphatic rings. The van der Waals surface area contributed by atoms with Gasteiger partial charge in [0.25, 0.3) is 0 Å². The minimum atomic E-state index is 0.192. The quantitative estimate of drug-likeness (QED) is 0.797. The van der Waals surface area contributed by atoms with E-state index in [0.29, 0.717) is 6.04 Å². The predicted molar refractivity (Wildman–Crippen MR) is 92.0 cm³/mol. The predicted octanol–water partition coefficient (Wildman–Crippen LogP) is 4.65. The summed E-state index contributed by atoms with van der Waals surface area (Å²) >= 11 is 6.24. The van der Waals surface area contributed by atoms with E-state index in [4.69, 9.17) is 11.6 Å². The average molecular weight is 309 g/mol. The molecule has 1 unspecified atom stereocenters. The lowest BCUT2D eigenvalue weighted by molar-refractivity contribution is 0.0807. The molecule has 0 radical (unpaired) electrons. The van der Waals surface area contributed by atoms with Gasteiger partial charge in [0.05, 0.1) is 6.04 Å². The Labute approximate surface area is 134 Å². The molecular formula is C18H29ClN2. The molecule has 118 valence electrons. The highest BCUT2D eigenvalue weighted by molar-refractivity contribution is 6.30. The van der Waals surface area contributed by atoms with Gasteiger partial charge in [0, 0.05) is 10.6 Å². The second-order valence-corrected chi connectivity index (χ2v) is 6.89. The maximum atomic E-state index is 6.24. The first kappa shape index (κ1) is 16.8. The molecule has 0 saturated heterocycles. The lowest BCUT2D eigenvalue weighted by Crippen LogP contribution is -2.53. The molecule has 2 rings (SSSR count). The van der Waals surface area contributed by atoms with Gasteiger partial charge in [-0.05, 0) is 51.2 Å². The van der Waals surface area contributed by atoms with Crippen LogP contribution < -0.4 is 5.32 Å². The molecule has 1 aliphatic carbocycles. The Hall–Kier alpha value is -0.570. The van der Waals surface area contributed by atoms with Crippen molar-refractivity contribution in [1.82, 2.24) is 10.2 Å². The number of nitrogens with zero attached hydrogens (tertiary/aromatic N) is 1. The number of likely N-dealkylation sites (N-methyl/N-ethyl adjacent to an activating group) is 2. The van der Waals surface area contributed by atoms with E-state index < -0.39 is 0 Å². The molecule has 1 aromatic carbocycles. The third-order valence-electron chi connectivity index (χ3n) is 4.99. The van der Waals surface area contributed by atoms with Crippen LogP contribution >= 0.6 is 11.6 Å². The van der Waals surface area contributed by atoms with Crippen LogP contribution in [0.3, 0.4) is 0 Å². The summed E-state index contributed by atoms with van der Waals surface area (Å²) in [6, 6.07) is 8.72. The SMILES string of the molecule is CCNC(c1cccc(Cl)c1)C1(N(C)C)CCCCCC1. The molecule has 0 spiro atoms. The molecular weight excluding hydrogens is 280 g/mol. The molecule has 0 amide bonds. The number of nitrogens with one attached hydrogen (secondary N) is 1. The van der Waals surface area contributed by atoms with E-state index in [1.165, 1.54) is 44.1 Å². The van der Waals surface area contributed by atoms with Crippen molar-refractivity contribution < 1.29 is 0 Å². The van der Waals surface area contributed by atoms with Crippen LogP contribution in [-0.4, -0.2) is 31.1 Å². The minimum Gasteiger partial charge on any atom is -0.309 e. The van der Waals surface area contributed by atoms with Gasteiger partial charge in [-0.1, -0.05) is 56.3 Å². The van der Waals surface area contributed by atoms with Crippen molar-refractivity contribution >= 4 is 11.6 Å². The van der Waals surface area contributed by atoms with Crippen LogP contribution in [0.4, 0.5) is 0 Å². The van der Waals surface area contributed by atoms with E-state index in [0.717, 1.165) is 11.6 Å². The van der Waals surface area contributed by atoms with E-state index in [1.54, 1.807) is 0 Å². The van der Waals surface area contributed by atoms with Gasteiger partial charge in [-0.2, -0.15) is 0 Å². The highest BCUT2D eigenvalue weighted by Crippen LogP contribution is 2.41. The summed E-state index contributed by atoms with van der Waals surface area (Å²) in [4.78, 5) is 2.45. The fraction of sp³-hybridized carbons (Fsp3) is 0.667. The van der Waals surface area contributed by atoms with Crippen molar-refractivity contribution in [1.29, 1.82) is 0 Å². The fourth-order valence-electron chi connectivity index (χ4n) is 3.84. The average Bonchev–Trinajstić information content (AvgIpc) is 2.71. The molecule has 0 aliphatic heterocycles. The zero-order valence-electron chi connectivity index (χ0n) is 13.7. The van der Waals surface area contributed by atoms with Crippen molar-refractivity contribution in [3.63, 3.8) is 0 Å². The molecule has 1 atom stereocenters. The molecule has 1 fully saturated rings. The van der Waals surface area contributed by atoms with Gasteiger partial charge >= 0.3 is 0 Å².